The van der Waals surface area contributed by atoms with Crippen molar-refractivity contribution in [3.8, 4) is 0 Å². The number of aliphatic hydroxyl groups excluding tert-OH is 1. The van der Waals surface area contributed by atoms with Gasteiger partial charge in [0.05, 0.1) is 6.61 Å². The molecule has 0 radical (unpaired) electrons. The van der Waals surface area contributed by atoms with Crippen molar-refractivity contribution in [3.63, 3.8) is 0 Å². The summed E-state index contributed by atoms with van der Waals surface area (Å²) >= 11 is 0. The zero-order valence-corrected chi connectivity index (χ0v) is 4.42. The summed E-state index contributed by atoms with van der Waals surface area (Å²) in [5.41, 5.74) is 0. The first-order valence-corrected chi connectivity index (χ1v) is 2.64. The third-order valence-electron chi connectivity index (χ3n) is 1.41. The van der Waals surface area contributed by atoms with Crippen molar-refractivity contribution in [1.82, 2.24) is 0 Å². The molecule has 1 N–H and O–H groups in total. The summed E-state index contributed by atoms with van der Waals surface area (Å²) in [7, 11) is 0. The largest absolute Gasteiger partial charge is 0.368 e. The lowest BCUT2D eigenvalue weighted by Gasteiger charge is -2.31. The van der Waals surface area contributed by atoms with E-state index >= 15 is 0 Å². The van der Waals surface area contributed by atoms with Crippen LogP contribution in [0.4, 0.5) is 0 Å². The monoisotopic (exact) mass is 102 g/mol. The van der Waals surface area contributed by atoms with Crippen molar-refractivity contribution in [2.75, 3.05) is 6.61 Å². The second kappa shape index (κ2) is 1.80. The molecule has 0 bridgehead atoms. The molecule has 1 saturated heterocycles. The van der Waals surface area contributed by atoms with E-state index in [1.165, 1.54) is 0 Å². The maximum absolute atomic E-state index is 8.69. The van der Waals surface area contributed by atoms with Gasteiger partial charge in [0.25, 0.3) is 0 Å². The molecule has 0 spiro atoms. The summed E-state index contributed by atoms with van der Waals surface area (Å²) in [5, 5.41) is 8.69. The first-order valence-electron chi connectivity index (χ1n) is 2.64. The van der Waals surface area contributed by atoms with E-state index in [-0.39, 0.29) is 0 Å². The van der Waals surface area contributed by atoms with Gasteiger partial charge in [0.1, 0.15) is 0 Å². The Labute approximate surface area is 43.1 Å². The minimum atomic E-state index is -0.454. The predicted octanol–water partition coefficient (Wildman–Crippen LogP) is 0.361. The second-order valence-electron chi connectivity index (χ2n) is 1.89. The van der Waals surface area contributed by atoms with E-state index in [4.69, 9.17) is 5.11 Å². The van der Waals surface area contributed by atoms with Gasteiger partial charge in [0.2, 0.25) is 0 Å². The molecule has 0 aromatic rings. The summed E-state index contributed by atoms with van der Waals surface area (Å²) in [6.07, 6.45) is 0.575. The molecule has 0 aromatic heterocycles. The van der Waals surface area contributed by atoms with Gasteiger partial charge in [-0.1, -0.05) is 6.92 Å². The van der Waals surface area contributed by atoms with Crippen LogP contribution in [0.1, 0.15) is 13.3 Å². The fourth-order valence-electron chi connectivity index (χ4n) is 0.638. The van der Waals surface area contributed by atoms with Crippen LogP contribution in [0.25, 0.3) is 0 Å². The van der Waals surface area contributed by atoms with Crippen molar-refractivity contribution < 1.29 is 9.84 Å². The Morgan fingerprint density at radius 1 is 1.86 bits per heavy atom. The maximum Gasteiger partial charge on any atom is 0.159 e. The van der Waals surface area contributed by atoms with E-state index in [9.17, 15) is 0 Å². The SMILES string of the molecule is CCC1COC1O. The van der Waals surface area contributed by atoms with Gasteiger partial charge in [0, 0.05) is 5.92 Å². The summed E-state index contributed by atoms with van der Waals surface area (Å²) in [5.74, 6) is 0.417. The fourth-order valence-corrected chi connectivity index (χ4v) is 0.638. The van der Waals surface area contributed by atoms with Crippen LogP contribution < -0.4 is 0 Å². The maximum atomic E-state index is 8.69. The van der Waals surface area contributed by atoms with Gasteiger partial charge in [0.15, 0.2) is 6.29 Å². The number of hydrogen-bond acceptors (Lipinski definition) is 2. The Kier molecular flexibility index (Phi) is 1.30. The molecule has 42 valence electrons. The molecule has 1 aliphatic rings. The van der Waals surface area contributed by atoms with E-state index in [0.29, 0.717) is 5.92 Å². The van der Waals surface area contributed by atoms with Crippen LogP contribution in [0.15, 0.2) is 0 Å². The van der Waals surface area contributed by atoms with Crippen LogP contribution in [-0.2, 0) is 4.74 Å². The number of rotatable bonds is 1. The third-order valence-corrected chi connectivity index (χ3v) is 1.41. The lowest BCUT2D eigenvalue weighted by molar-refractivity contribution is -0.232. The van der Waals surface area contributed by atoms with Crippen LogP contribution in [0, 0.1) is 5.92 Å². The van der Waals surface area contributed by atoms with E-state index < -0.39 is 6.29 Å². The molecular weight excluding hydrogens is 92.1 g/mol. The summed E-state index contributed by atoms with van der Waals surface area (Å²) in [6.45, 7) is 2.80. The molecule has 1 fully saturated rings. The van der Waals surface area contributed by atoms with Gasteiger partial charge < -0.3 is 9.84 Å². The van der Waals surface area contributed by atoms with Gasteiger partial charge >= 0.3 is 0 Å². The first-order chi connectivity index (χ1) is 3.34. The highest BCUT2D eigenvalue weighted by Gasteiger charge is 2.27. The average Bonchev–Trinajstić information content (AvgIpc) is 1.65. The second-order valence-corrected chi connectivity index (χ2v) is 1.89. The molecule has 2 atom stereocenters. The minimum absolute atomic E-state index is 0.417. The zero-order valence-electron chi connectivity index (χ0n) is 4.42. The van der Waals surface area contributed by atoms with Gasteiger partial charge in [-0.25, -0.2) is 0 Å². The Bertz CT molecular complexity index is 61.1. The van der Waals surface area contributed by atoms with Crippen LogP contribution in [-0.4, -0.2) is 18.0 Å². The summed E-state index contributed by atoms with van der Waals surface area (Å²) in [6, 6.07) is 0. The molecule has 2 heteroatoms. The Hall–Kier alpha value is -0.0800. The van der Waals surface area contributed by atoms with Gasteiger partial charge in [-0.05, 0) is 6.42 Å². The molecule has 1 aliphatic heterocycles. The van der Waals surface area contributed by atoms with E-state index in [2.05, 4.69) is 11.7 Å². The van der Waals surface area contributed by atoms with Crippen LogP contribution in [0.3, 0.4) is 0 Å². The Balaban J connectivity index is 2.16. The highest BCUT2D eigenvalue weighted by atomic mass is 16.6. The molecular formula is C5H10O2. The summed E-state index contributed by atoms with van der Waals surface area (Å²) in [4.78, 5) is 0. The number of aliphatic hydroxyl groups is 1. The minimum Gasteiger partial charge on any atom is -0.368 e. The normalized spacial score (nSPS) is 40.3. The molecule has 0 aliphatic carbocycles. The number of ether oxygens (including phenoxy) is 1. The molecule has 0 aromatic carbocycles. The van der Waals surface area contributed by atoms with Crippen molar-refractivity contribution in [2.45, 2.75) is 19.6 Å². The standard InChI is InChI=1S/C5H10O2/c1-2-4-3-7-5(4)6/h4-6H,2-3H2,1H3. The Morgan fingerprint density at radius 2 is 2.57 bits per heavy atom. The lowest BCUT2D eigenvalue weighted by Crippen LogP contribution is -2.38. The van der Waals surface area contributed by atoms with Crippen molar-refractivity contribution >= 4 is 0 Å². The van der Waals surface area contributed by atoms with Crippen molar-refractivity contribution in [2.24, 2.45) is 5.92 Å². The number of hydrogen-bond donors (Lipinski definition) is 1. The van der Waals surface area contributed by atoms with Gasteiger partial charge in [-0.3, -0.25) is 0 Å². The highest BCUT2D eigenvalue weighted by Crippen LogP contribution is 2.19. The molecule has 2 unspecified atom stereocenters. The molecule has 2 nitrogen and oxygen atoms in total. The molecule has 1 rings (SSSR count). The topological polar surface area (TPSA) is 29.5 Å². The van der Waals surface area contributed by atoms with Crippen molar-refractivity contribution in [1.29, 1.82) is 0 Å². The predicted molar refractivity (Wildman–Crippen MR) is 25.7 cm³/mol. The smallest absolute Gasteiger partial charge is 0.159 e. The van der Waals surface area contributed by atoms with Crippen LogP contribution >= 0.6 is 0 Å². The van der Waals surface area contributed by atoms with E-state index in [1.54, 1.807) is 0 Å². The van der Waals surface area contributed by atoms with Gasteiger partial charge in [-0.15, -0.1) is 0 Å². The third kappa shape index (κ3) is 0.763. The van der Waals surface area contributed by atoms with Crippen LogP contribution in [0.5, 0.6) is 0 Å². The van der Waals surface area contributed by atoms with E-state index in [1.807, 2.05) is 0 Å². The molecule has 0 saturated carbocycles. The fraction of sp³-hybridized carbons (Fsp3) is 1.00. The average molecular weight is 102 g/mol. The highest BCUT2D eigenvalue weighted by molar-refractivity contribution is 4.66. The zero-order chi connectivity index (χ0) is 5.28. The van der Waals surface area contributed by atoms with Gasteiger partial charge in [-0.2, -0.15) is 0 Å². The first kappa shape index (κ1) is 5.06. The lowest BCUT2D eigenvalue weighted by atomic mass is 10.0. The Morgan fingerprint density at radius 3 is 2.57 bits per heavy atom. The molecule has 1 heterocycles. The van der Waals surface area contributed by atoms with Crippen molar-refractivity contribution in [3.05, 3.63) is 0 Å². The molecule has 0 amide bonds. The quantitative estimate of drug-likeness (QED) is 0.518. The van der Waals surface area contributed by atoms with E-state index in [0.717, 1.165) is 13.0 Å². The van der Waals surface area contributed by atoms with Crippen LogP contribution in [0.2, 0.25) is 0 Å². The molecule has 7 heavy (non-hydrogen) atoms. The summed E-state index contributed by atoms with van der Waals surface area (Å²) < 4.78 is 4.69.